The highest BCUT2D eigenvalue weighted by molar-refractivity contribution is 7.89. The fourth-order valence-electron chi connectivity index (χ4n) is 2.45. The van der Waals surface area contributed by atoms with Gasteiger partial charge < -0.3 is 15.7 Å². The molecule has 1 saturated carbocycles. The number of hydrogen-bond acceptors (Lipinski definition) is 4. The molecule has 0 bridgehead atoms. The zero-order valence-electron chi connectivity index (χ0n) is 12.4. The van der Waals surface area contributed by atoms with Gasteiger partial charge in [-0.3, -0.25) is 4.79 Å². The Hall–Kier alpha value is -1.35. The molecule has 0 aliphatic heterocycles. The quantitative estimate of drug-likeness (QED) is 0.609. The van der Waals surface area contributed by atoms with E-state index in [1.807, 2.05) is 0 Å². The molecule has 0 aromatic rings. The van der Waals surface area contributed by atoms with Gasteiger partial charge in [-0.1, -0.05) is 12.8 Å². The van der Waals surface area contributed by atoms with Crippen molar-refractivity contribution in [3.8, 4) is 0 Å². The number of carboxylic acids is 1. The lowest BCUT2D eigenvalue weighted by Crippen LogP contribution is -2.52. The molecule has 0 saturated heterocycles. The first-order valence-corrected chi connectivity index (χ1v) is 8.46. The van der Waals surface area contributed by atoms with Crippen LogP contribution in [0.15, 0.2) is 0 Å². The highest BCUT2D eigenvalue weighted by Crippen LogP contribution is 2.32. The van der Waals surface area contributed by atoms with Crippen molar-refractivity contribution in [2.45, 2.75) is 37.6 Å². The summed E-state index contributed by atoms with van der Waals surface area (Å²) in [5.74, 6) is -1.15. The van der Waals surface area contributed by atoms with Crippen molar-refractivity contribution in [3.63, 3.8) is 0 Å². The van der Waals surface area contributed by atoms with E-state index >= 15 is 0 Å². The van der Waals surface area contributed by atoms with E-state index in [9.17, 15) is 18.0 Å². The second-order valence-corrected chi connectivity index (χ2v) is 7.84. The van der Waals surface area contributed by atoms with Gasteiger partial charge in [-0.25, -0.2) is 17.5 Å². The minimum atomic E-state index is -3.36. The van der Waals surface area contributed by atoms with Crippen molar-refractivity contribution in [3.05, 3.63) is 0 Å². The molecule has 0 aromatic carbocycles. The van der Waals surface area contributed by atoms with E-state index in [0.717, 1.165) is 17.1 Å². The predicted octanol–water partition coefficient (Wildman–Crippen LogP) is -0.0355. The van der Waals surface area contributed by atoms with Gasteiger partial charge in [0.15, 0.2) is 0 Å². The number of amides is 2. The molecule has 8 nitrogen and oxygen atoms in total. The summed E-state index contributed by atoms with van der Waals surface area (Å²) in [7, 11) is -0.506. The van der Waals surface area contributed by atoms with Gasteiger partial charge in [-0.05, 0) is 12.8 Å². The molecule has 3 N–H and O–H groups in total. The van der Waals surface area contributed by atoms with Crippen LogP contribution in [0.5, 0.6) is 0 Å². The average Bonchev–Trinajstić information content (AvgIpc) is 2.75. The second kappa shape index (κ2) is 7.08. The summed E-state index contributed by atoms with van der Waals surface area (Å²) < 4.78 is 24.2. The molecule has 122 valence electrons. The fraction of sp³-hybridized carbons (Fsp3) is 0.833. The topological polar surface area (TPSA) is 116 Å². The first kappa shape index (κ1) is 17.7. The summed E-state index contributed by atoms with van der Waals surface area (Å²) in [6.07, 6.45) is 2.90. The standard InChI is InChI=1S/C12H23N3O5S/c1-15(2)21(19,20)8-7-13-11(18)14-12(9-10(16)17)5-3-4-6-12/h3-9H2,1-2H3,(H,16,17)(H2,13,14,18). The van der Waals surface area contributed by atoms with E-state index < -0.39 is 27.6 Å². The molecule has 1 rings (SSSR count). The summed E-state index contributed by atoms with van der Waals surface area (Å²) in [6, 6.07) is -0.521. The van der Waals surface area contributed by atoms with Crippen molar-refractivity contribution in [2.24, 2.45) is 0 Å². The van der Waals surface area contributed by atoms with Crippen LogP contribution >= 0.6 is 0 Å². The predicted molar refractivity (Wildman–Crippen MR) is 77.5 cm³/mol. The van der Waals surface area contributed by atoms with Crippen LogP contribution in [0.25, 0.3) is 0 Å². The van der Waals surface area contributed by atoms with Gasteiger partial charge in [0.1, 0.15) is 0 Å². The number of urea groups is 1. The third-order valence-electron chi connectivity index (χ3n) is 3.63. The van der Waals surface area contributed by atoms with E-state index in [2.05, 4.69) is 10.6 Å². The lowest BCUT2D eigenvalue weighted by atomic mass is 9.93. The van der Waals surface area contributed by atoms with Crippen molar-refractivity contribution >= 4 is 22.0 Å². The fourth-order valence-corrected chi connectivity index (χ4v) is 3.17. The van der Waals surface area contributed by atoms with E-state index in [1.165, 1.54) is 14.1 Å². The van der Waals surface area contributed by atoms with Crippen molar-refractivity contribution in [1.82, 2.24) is 14.9 Å². The molecule has 1 fully saturated rings. The molecule has 0 spiro atoms. The van der Waals surface area contributed by atoms with E-state index in [1.54, 1.807) is 0 Å². The normalized spacial score (nSPS) is 17.7. The smallest absolute Gasteiger partial charge is 0.315 e. The number of carbonyl (C=O) groups is 2. The summed E-state index contributed by atoms with van der Waals surface area (Å²) in [5.41, 5.74) is -0.712. The third-order valence-corrected chi connectivity index (χ3v) is 5.46. The van der Waals surface area contributed by atoms with Crippen LogP contribution in [0.2, 0.25) is 0 Å². The minimum absolute atomic E-state index is 0.0184. The summed E-state index contributed by atoms with van der Waals surface area (Å²) >= 11 is 0. The van der Waals surface area contributed by atoms with Crippen LogP contribution in [0.4, 0.5) is 4.79 Å². The Bertz CT molecular complexity index is 483. The van der Waals surface area contributed by atoms with Gasteiger partial charge in [0.05, 0.1) is 17.7 Å². The van der Waals surface area contributed by atoms with Crippen LogP contribution < -0.4 is 10.6 Å². The Morgan fingerprint density at radius 2 is 1.81 bits per heavy atom. The van der Waals surface area contributed by atoms with Crippen molar-refractivity contribution in [1.29, 1.82) is 0 Å². The zero-order chi connectivity index (χ0) is 16.1. The Balaban J connectivity index is 2.47. The Kier molecular flexibility index (Phi) is 5.97. The molecule has 21 heavy (non-hydrogen) atoms. The van der Waals surface area contributed by atoms with Gasteiger partial charge in [-0.15, -0.1) is 0 Å². The molecule has 0 heterocycles. The Labute approximate surface area is 124 Å². The maximum Gasteiger partial charge on any atom is 0.315 e. The number of sulfonamides is 1. The molecule has 9 heteroatoms. The first-order chi connectivity index (χ1) is 9.67. The van der Waals surface area contributed by atoms with Crippen LogP contribution in [-0.2, 0) is 14.8 Å². The Morgan fingerprint density at radius 3 is 2.29 bits per heavy atom. The lowest BCUT2D eigenvalue weighted by molar-refractivity contribution is -0.138. The van der Waals surface area contributed by atoms with E-state index in [-0.39, 0.29) is 18.7 Å². The average molecular weight is 321 g/mol. The third kappa shape index (κ3) is 5.50. The number of hydrogen-bond donors (Lipinski definition) is 3. The van der Waals surface area contributed by atoms with Gasteiger partial charge in [0, 0.05) is 20.6 Å². The van der Waals surface area contributed by atoms with E-state index in [4.69, 9.17) is 5.11 Å². The summed E-state index contributed by atoms with van der Waals surface area (Å²) in [4.78, 5) is 22.7. The molecular weight excluding hydrogens is 298 g/mol. The number of carboxylic acid groups (broad SMARTS) is 1. The molecule has 2 amide bonds. The number of aliphatic carboxylic acids is 1. The van der Waals surface area contributed by atoms with Crippen molar-refractivity contribution in [2.75, 3.05) is 26.4 Å². The maximum atomic E-state index is 11.8. The molecule has 0 atom stereocenters. The van der Waals surface area contributed by atoms with Gasteiger partial charge >= 0.3 is 12.0 Å². The monoisotopic (exact) mass is 321 g/mol. The molecule has 1 aliphatic carbocycles. The largest absolute Gasteiger partial charge is 0.481 e. The number of nitrogens with zero attached hydrogens (tertiary/aromatic N) is 1. The van der Waals surface area contributed by atoms with Crippen LogP contribution in [0.3, 0.4) is 0 Å². The first-order valence-electron chi connectivity index (χ1n) is 6.85. The SMILES string of the molecule is CN(C)S(=O)(=O)CCNC(=O)NC1(CC(=O)O)CCCC1. The molecule has 0 aromatic heterocycles. The zero-order valence-corrected chi connectivity index (χ0v) is 13.2. The van der Waals surface area contributed by atoms with Gasteiger partial charge in [0.25, 0.3) is 0 Å². The number of nitrogens with one attached hydrogen (secondary N) is 2. The highest BCUT2D eigenvalue weighted by atomic mass is 32.2. The Morgan fingerprint density at radius 1 is 1.24 bits per heavy atom. The molecule has 0 radical (unpaired) electrons. The summed E-state index contributed by atoms with van der Waals surface area (Å²) in [6.45, 7) is -0.0184. The van der Waals surface area contributed by atoms with E-state index in [0.29, 0.717) is 12.8 Å². The van der Waals surface area contributed by atoms with Crippen LogP contribution in [-0.4, -0.2) is 61.8 Å². The number of carbonyl (C=O) groups excluding carboxylic acids is 1. The molecule has 0 unspecified atom stereocenters. The molecule has 1 aliphatic rings. The van der Waals surface area contributed by atoms with Crippen LogP contribution in [0, 0.1) is 0 Å². The lowest BCUT2D eigenvalue weighted by Gasteiger charge is -2.28. The maximum absolute atomic E-state index is 11.8. The molecular formula is C12H23N3O5S. The van der Waals surface area contributed by atoms with Crippen molar-refractivity contribution < 1.29 is 23.1 Å². The summed E-state index contributed by atoms with van der Waals surface area (Å²) in [5, 5.41) is 14.1. The van der Waals surface area contributed by atoms with Crippen LogP contribution in [0.1, 0.15) is 32.1 Å². The highest BCUT2D eigenvalue weighted by Gasteiger charge is 2.37. The van der Waals surface area contributed by atoms with Gasteiger partial charge in [0.2, 0.25) is 10.0 Å². The second-order valence-electron chi connectivity index (χ2n) is 5.54. The minimum Gasteiger partial charge on any atom is -0.481 e. The van der Waals surface area contributed by atoms with Gasteiger partial charge in [-0.2, -0.15) is 0 Å². The number of rotatable bonds is 7.